The number of carbonyl (C=O) groups is 1. The fourth-order valence-corrected chi connectivity index (χ4v) is 3.14. The zero-order valence-corrected chi connectivity index (χ0v) is 12.6. The minimum absolute atomic E-state index is 0.239. The maximum absolute atomic E-state index is 14.4. The van der Waals surface area contributed by atoms with Crippen LogP contribution < -0.4 is 4.90 Å². The SMILES string of the molecule is CCCC1(C(=O)O)CCCN(c2ncnc(CC)c2F)C1. The Morgan fingerprint density at radius 1 is 1.48 bits per heavy atom. The molecule has 0 bridgehead atoms. The first kappa shape index (κ1) is 15.7. The van der Waals surface area contributed by atoms with Crippen molar-refractivity contribution in [1.29, 1.82) is 0 Å². The van der Waals surface area contributed by atoms with Crippen LogP contribution in [0.25, 0.3) is 0 Å². The number of rotatable bonds is 5. The van der Waals surface area contributed by atoms with Crippen molar-refractivity contribution in [3.8, 4) is 0 Å². The minimum Gasteiger partial charge on any atom is -0.481 e. The van der Waals surface area contributed by atoms with Gasteiger partial charge in [0.1, 0.15) is 6.33 Å². The van der Waals surface area contributed by atoms with Crippen molar-refractivity contribution in [2.45, 2.75) is 46.0 Å². The van der Waals surface area contributed by atoms with Crippen LogP contribution in [0.2, 0.25) is 0 Å². The molecule has 0 radical (unpaired) electrons. The third-order valence-corrected chi connectivity index (χ3v) is 4.24. The molecular formula is C15H22FN3O2. The summed E-state index contributed by atoms with van der Waals surface area (Å²) in [5, 5.41) is 9.60. The van der Waals surface area contributed by atoms with Crippen LogP contribution in [0, 0.1) is 11.2 Å². The van der Waals surface area contributed by atoms with E-state index < -0.39 is 17.2 Å². The van der Waals surface area contributed by atoms with Crippen molar-refractivity contribution >= 4 is 11.8 Å². The monoisotopic (exact) mass is 295 g/mol. The van der Waals surface area contributed by atoms with Crippen LogP contribution in [0.15, 0.2) is 6.33 Å². The Morgan fingerprint density at radius 3 is 2.86 bits per heavy atom. The molecule has 1 aromatic heterocycles. The van der Waals surface area contributed by atoms with Gasteiger partial charge in [-0.3, -0.25) is 4.79 Å². The van der Waals surface area contributed by atoms with Gasteiger partial charge in [0, 0.05) is 13.1 Å². The molecular weight excluding hydrogens is 273 g/mol. The lowest BCUT2D eigenvalue weighted by Crippen LogP contribution is -2.48. The molecule has 1 N–H and O–H groups in total. The second-order valence-electron chi connectivity index (χ2n) is 5.67. The van der Waals surface area contributed by atoms with Crippen molar-refractivity contribution in [3.63, 3.8) is 0 Å². The molecule has 1 fully saturated rings. The van der Waals surface area contributed by atoms with Gasteiger partial charge in [-0.1, -0.05) is 20.3 Å². The number of hydrogen-bond acceptors (Lipinski definition) is 4. The number of anilines is 1. The van der Waals surface area contributed by atoms with Crippen molar-refractivity contribution in [2.24, 2.45) is 5.41 Å². The average molecular weight is 295 g/mol. The number of hydrogen-bond donors (Lipinski definition) is 1. The number of piperidine rings is 1. The summed E-state index contributed by atoms with van der Waals surface area (Å²) in [7, 11) is 0. The lowest BCUT2D eigenvalue weighted by Gasteiger charge is -2.40. The van der Waals surface area contributed by atoms with Gasteiger partial charge in [0.2, 0.25) is 0 Å². The molecule has 0 spiro atoms. The quantitative estimate of drug-likeness (QED) is 0.904. The van der Waals surface area contributed by atoms with E-state index >= 15 is 0 Å². The first-order valence-electron chi connectivity index (χ1n) is 7.51. The van der Waals surface area contributed by atoms with Gasteiger partial charge in [-0.25, -0.2) is 14.4 Å². The Hall–Kier alpha value is -1.72. The molecule has 0 aromatic carbocycles. The van der Waals surface area contributed by atoms with E-state index in [4.69, 9.17) is 0 Å². The Labute approximate surface area is 124 Å². The topological polar surface area (TPSA) is 66.3 Å². The van der Waals surface area contributed by atoms with E-state index in [9.17, 15) is 14.3 Å². The van der Waals surface area contributed by atoms with Gasteiger partial charge in [-0.2, -0.15) is 0 Å². The van der Waals surface area contributed by atoms with E-state index in [-0.39, 0.29) is 5.82 Å². The van der Waals surface area contributed by atoms with Crippen LogP contribution in [0.3, 0.4) is 0 Å². The number of nitrogens with zero attached hydrogens (tertiary/aromatic N) is 3. The largest absolute Gasteiger partial charge is 0.481 e. The average Bonchev–Trinajstić information content (AvgIpc) is 2.48. The second-order valence-corrected chi connectivity index (χ2v) is 5.67. The highest BCUT2D eigenvalue weighted by molar-refractivity contribution is 5.76. The molecule has 1 aromatic rings. The summed E-state index contributed by atoms with van der Waals surface area (Å²) in [5.41, 5.74) is -0.418. The number of aromatic nitrogens is 2. The first-order valence-corrected chi connectivity index (χ1v) is 7.51. The van der Waals surface area contributed by atoms with Gasteiger partial charge < -0.3 is 10.0 Å². The summed E-state index contributed by atoms with van der Waals surface area (Å²) in [6.45, 7) is 4.76. The normalized spacial score (nSPS) is 22.3. The molecule has 21 heavy (non-hydrogen) atoms. The Bertz CT molecular complexity index is 520. The van der Waals surface area contributed by atoms with Crippen LogP contribution in [0.5, 0.6) is 0 Å². The Kier molecular flexibility index (Phi) is 4.75. The smallest absolute Gasteiger partial charge is 0.311 e. The standard InChI is InChI=1S/C15H22FN3O2/c1-3-6-15(14(20)21)7-5-8-19(9-15)13-12(16)11(4-2)17-10-18-13/h10H,3-9H2,1-2H3,(H,20,21). The summed E-state index contributed by atoms with van der Waals surface area (Å²) in [6, 6.07) is 0. The fraction of sp³-hybridized carbons (Fsp3) is 0.667. The van der Waals surface area contributed by atoms with Crippen LogP contribution >= 0.6 is 0 Å². The third-order valence-electron chi connectivity index (χ3n) is 4.24. The molecule has 2 rings (SSSR count). The molecule has 116 valence electrons. The molecule has 1 saturated heterocycles. The lowest BCUT2D eigenvalue weighted by atomic mass is 9.76. The fourth-order valence-electron chi connectivity index (χ4n) is 3.14. The molecule has 1 atom stereocenters. The highest BCUT2D eigenvalue weighted by atomic mass is 19.1. The van der Waals surface area contributed by atoms with E-state index in [1.54, 1.807) is 4.90 Å². The molecule has 6 heteroatoms. The van der Waals surface area contributed by atoms with Crippen molar-refractivity contribution < 1.29 is 14.3 Å². The Morgan fingerprint density at radius 2 is 2.24 bits per heavy atom. The van der Waals surface area contributed by atoms with Gasteiger partial charge in [0.25, 0.3) is 0 Å². The summed E-state index contributed by atoms with van der Waals surface area (Å²) < 4.78 is 14.4. The summed E-state index contributed by atoms with van der Waals surface area (Å²) in [5.74, 6) is -0.972. The predicted octanol–water partition coefficient (Wildman–Crippen LogP) is 2.65. The third kappa shape index (κ3) is 2.99. The molecule has 5 nitrogen and oxygen atoms in total. The summed E-state index contributed by atoms with van der Waals surface area (Å²) >= 11 is 0. The molecule has 1 aliphatic heterocycles. The number of carboxylic acid groups (broad SMARTS) is 1. The van der Waals surface area contributed by atoms with E-state index in [1.807, 2.05) is 13.8 Å². The number of halogens is 1. The van der Waals surface area contributed by atoms with Crippen LogP contribution in [0.1, 0.15) is 45.2 Å². The maximum Gasteiger partial charge on any atom is 0.311 e. The predicted molar refractivity (Wildman–Crippen MR) is 77.8 cm³/mol. The van der Waals surface area contributed by atoms with E-state index in [1.165, 1.54) is 6.33 Å². The van der Waals surface area contributed by atoms with Crippen molar-refractivity contribution in [3.05, 3.63) is 17.8 Å². The molecule has 2 heterocycles. The lowest BCUT2D eigenvalue weighted by molar-refractivity contribution is -0.150. The van der Waals surface area contributed by atoms with Crippen LogP contribution in [0.4, 0.5) is 10.2 Å². The molecule has 0 aliphatic carbocycles. The molecule has 0 amide bonds. The van der Waals surface area contributed by atoms with E-state index in [0.717, 1.165) is 12.8 Å². The number of carboxylic acids is 1. The molecule has 1 unspecified atom stereocenters. The van der Waals surface area contributed by atoms with Gasteiger partial charge in [0.15, 0.2) is 11.6 Å². The van der Waals surface area contributed by atoms with Crippen molar-refractivity contribution in [2.75, 3.05) is 18.0 Å². The first-order chi connectivity index (χ1) is 10.0. The van der Waals surface area contributed by atoms with Gasteiger partial charge in [-0.05, 0) is 25.7 Å². The highest BCUT2D eigenvalue weighted by Gasteiger charge is 2.42. The maximum atomic E-state index is 14.4. The Balaban J connectivity index is 2.31. The van der Waals surface area contributed by atoms with Crippen molar-refractivity contribution in [1.82, 2.24) is 9.97 Å². The second kappa shape index (κ2) is 6.37. The number of aliphatic carboxylic acids is 1. The number of aryl methyl sites for hydroxylation is 1. The minimum atomic E-state index is -0.795. The van der Waals surface area contributed by atoms with Crippen LogP contribution in [-0.4, -0.2) is 34.1 Å². The summed E-state index contributed by atoms with van der Waals surface area (Å²) in [4.78, 5) is 21.4. The van der Waals surface area contributed by atoms with Crippen LogP contribution in [-0.2, 0) is 11.2 Å². The molecule has 0 saturated carbocycles. The highest BCUT2D eigenvalue weighted by Crippen LogP contribution is 2.37. The van der Waals surface area contributed by atoms with Gasteiger partial charge >= 0.3 is 5.97 Å². The zero-order valence-electron chi connectivity index (χ0n) is 12.6. The molecule has 1 aliphatic rings. The summed E-state index contributed by atoms with van der Waals surface area (Å²) in [6.07, 6.45) is 4.62. The van der Waals surface area contributed by atoms with E-state index in [2.05, 4.69) is 9.97 Å². The van der Waals surface area contributed by atoms with Gasteiger partial charge in [0.05, 0.1) is 11.1 Å². The van der Waals surface area contributed by atoms with Gasteiger partial charge in [-0.15, -0.1) is 0 Å². The zero-order chi connectivity index (χ0) is 15.5. The van der Waals surface area contributed by atoms with E-state index in [0.29, 0.717) is 38.0 Å².